The van der Waals surface area contributed by atoms with Gasteiger partial charge in [-0.25, -0.2) is 0 Å². The average molecular weight is 646 g/mol. The van der Waals surface area contributed by atoms with Crippen molar-refractivity contribution < 1.29 is 14.2 Å². The molecule has 48 heavy (non-hydrogen) atoms. The Morgan fingerprint density at radius 2 is 0.708 bits per heavy atom. The zero-order valence-corrected chi connectivity index (χ0v) is 29.7. The summed E-state index contributed by atoms with van der Waals surface area (Å²) in [6.07, 6.45) is 7.46. The second kappa shape index (κ2) is 17.4. The van der Waals surface area contributed by atoms with Crippen LogP contribution in [0.1, 0.15) is 94.2 Å². The van der Waals surface area contributed by atoms with Gasteiger partial charge in [0.15, 0.2) is 0 Å². The molecule has 1 heterocycles. The van der Waals surface area contributed by atoms with Crippen LogP contribution in [0.5, 0.6) is 35.3 Å². The van der Waals surface area contributed by atoms with Crippen LogP contribution >= 0.6 is 0 Å². The zero-order chi connectivity index (χ0) is 34.6. The molecule has 0 amide bonds. The summed E-state index contributed by atoms with van der Waals surface area (Å²) in [4.78, 5) is 14.2. The van der Waals surface area contributed by atoms with E-state index in [0.29, 0.717) is 19.3 Å². The highest BCUT2D eigenvalue weighted by Gasteiger charge is 2.21. The Balaban J connectivity index is 1.89. The Bertz CT molecular complexity index is 1540. The first-order valence-electron chi connectivity index (χ1n) is 17.2. The molecule has 0 aliphatic rings. The highest BCUT2D eigenvalue weighted by Crippen LogP contribution is 2.36. The summed E-state index contributed by atoms with van der Waals surface area (Å²) < 4.78 is 19.8. The second-order valence-electron chi connectivity index (χ2n) is 12.9. The Morgan fingerprint density at radius 3 is 0.938 bits per heavy atom. The van der Waals surface area contributed by atoms with Gasteiger partial charge in [0.2, 0.25) is 0 Å². The summed E-state index contributed by atoms with van der Waals surface area (Å²) >= 11 is 0. The van der Waals surface area contributed by atoms with Gasteiger partial charge in [-0.2, -0.15) is 0 Å². The molecule has 252 valence electrons. The van der Waals surface area contributed by atoms with E-state index in [2.05, 4.69) is 95.1 Å². The molecule has 0 unspecified atom stereocenters. The van der Waals surface area contributed by atoms with E-state index >= 15 is 0 Å². The van der Waals surface area contributed by atoms with Crippen LogP contribution in [0.2, 0.25) is 0 Å². The van der Waals surface area contributed by atoms with Gasteiger partial charge in [-0.3, -0.25) is 0 Å². The van der Waals surface area contributed by atoms with Gasteiger partial charge in [0.1, 0.15) is 17.2 Å². The van der Waals surface area contributed by atoms with Crippen LogP contribution < -0.4 is 14.2 Å². The monoisotopic (exact) mass is 645 g/mol. The van der Waals surface area contributed by atoms with Gasteiger partial charge in [-0.05, 0) is 92.7 Å². The molecule has 1 aromatic heterocycles. The lowest BCUT2D eigenvalue weighted by atomic mass is 10.0. The van der Waals surface area contributed by atoms with Crippen LogP contribution in [0.4, 0.5) is 0 Å². The standard InChI is InChI=1S/C42H51N3O3/c1-10-16-31-19-13-22-34(25-28(4)5)37(31)46-40-43-41(47-38-32(17-11-2)20-14-23-35(38)26-29(6)7)45-42(44-40)48-39-33(18-12-3)21-15-24-36(39)27-30(8)9/h13-15,19-24H,4,6,8,10-12,16-18,25-27H2,1-3,5,7,9H3. The summed E-state index contributed by atoms with van der Waals surface area (Å²) in [5.41, 5.74) is 9.41. The molecule has 0 aliphatic heterocycles. The molecular weight excluding hydrogens is 594 g/mol. The first kappa shape index (κ1) is 36.1. The number of ether oxygens (including phenoxy) is 3. The van der Waals surface area contributed by atoms with Crippen molar-refractivity contribution in [3.8, 4) is 35.3 Å². The van der Waals surface area contributed by atoms with E-state index in [1.807, 2.05) is 20.8 Å². The molecule has 0 bridgehead atoms. The molecule has 6 heteroatoms. The SMILES string of the molecule is C=C(C)Cc1cccc(CCC)c1Oc1nc(Oc2c(CCC)cccc2CC(=C)C)nc(Oc2c(CCC)cccc2CC(=C)C)n1. The fourth-order valence-corrected chi connectivity index (χ4v) is 5.83. The third-order valence-electron chi connectivity index (χ3n) is 7.72. The summed E-state index contributed by atoms with van der Waals surface area (Å²) in [6, 6.07) is 19.0. The largest absolute Gasteiger partial charge is 0.423 e. The fourth-order valence-electron chi connectivity index (χ4n) is 5.83. The predicted molar refractivity (Wildman–Crippen MR) is 197 cm³/mol. The van der Waals surface area contributed by atoms with Gasteiger partial charge >= 0.3 is 18.0 Å². The molecule has 3 aromatic carbocycles. The van der Waals surface area contributed by atoms with Crippen molar-refractivity contribution in [2.24, 2.45) is 0 Å². The first-order chi connectivity index (χ1) is 23.1. The number of allylic oxidation sites excluding steroid dienone is 3. The van der Waals surface area contributed by atoms with Gasteiger partial charge in [0, 0.05) is 0 Å². The van der Waals surface area contributed by atoms with Crippen LogP contribution in [0.15, 0.2) is 91.1 Å². The maximum Gasteiger partial charge on any atom is 0.331 e. The summed E-state index contributed by atoms with van der Waals surface area (Å²) in [5, 5.41) is 0. The smallest absolute Gasteiger partial charge is 0.331 e. The Labute approximate surface area is 287 Å². The number of aryl methyl sites for hydroxylation is 3. The Kier molecular flexibility index (Phi) is 13.1. The van der Waals surface area contributed by atoms with E-state index in [9.17, 15) is 0 Å². The summed E-state index contributed by atoms with van der Waals surface area (Å²) in [7, 11) is 0. The molecule has 4 rings (SSSR count). The van der Waals surface area contributed by atoms with E-state index in [0.717, 1.165) is 106 Å². The van der Waals surface area contributed by atoms with E-state index < -0.39 is 0 Å². The van der Waals surface area contributed by atoms with Crippen LogP contribution in [-0.4, -0.2) is 15.0 Å². The van der Waals surface area contributed by atoms with Gasteiger partial charge in [0.05, 0.1) is 0 Å². The molecular formula is C42H51N3O3. The molecule has 4 aromatic rings. The predicted octanol–water partition coefficient (Wildman–Crippen LogP) is 11.5. The number of nitrogens with zero attached hydrogens (tertiary/aromatic N) is 3. The maximum atomic E-state index is 6.60. The summed E-state index contributed by atoms with van der Waals surface area (Å²) in [6.45, 7) is 25.0. The minimum absolute atomic E-state index is 0.102. The van der Waals surface area contributed by atoms with Crippen molar-refractivity contribution in [3.63, 3.8) is 0 Å². The van der Waals surface area contributed by atoms with E-state index in [4.69, 9.17) is 29.2 Å². The second-order valence-corrected chi connectivity index (χ2v) is 12.9. The number of benzene rings is 3. The molecule has 0 saturated carbocycles. The number of rotatable bonds is 18. The van der Waals surface area contributed by atoms with Crippen molar-refractivity contribution in [2.45, 2.75) is 99.3 Å². The zero-order valence-electron chi connectivity index (χ0n) is 29.7. The van der Waals surface area contributed by atoms with Crippen LogP contribution in [0, 0.1) is 0 Å². The summed E-state index contributed by atoms with van der Waals surface area (Å²) in [5.74, 6) is 2.19. The minimum atomic E-state index is 0.102. The van der Waals surface area contributed by atoms with Crippen LogP contribution in [0.3, 0.4) is 0 Å². The minimum Gasteiger partial charge on any atom is -0.423 e. The number of hydrogen-bond donors (Lipinski definition) is 0. The molecule has 6 nitrogen and oxygen atoms in total. The first-order valence-corrected chi connectivity index (χ1v) is 17.2. The van der Waals surface area contributed by atoms with Crippen molar-refractivity contribution >= 4 is 0 Å². The Hall–Kier alpha value is -4.71. The van der Waals surface area contributed by atoms with E-state index in [1.54, 1.807) is 0 Å². The third-order valence-corrected chi connectivity index (χ3v) is 7.72. The van der Waals surface area contributed by atoms with Crippen LogP contribution in [0.25, 0.3) is 0 Å². The highest BCUT2D eigenvalue weighted by atomic mass is 16.5. The van der Waals surface area contributed by atoms with Gasteiger partial charge in [-0.1, -0.05) is 131 Å². The van der Waals surface area contributed by atoms with Gasteiger partial charge in [-0.15, -0.1) is 15.0 Å². The quantitative estimate of drug-likeness (QED) is 0.100. The van der Waals surface area contributed by atoms with E-state index in [-0.39, 0.29) is 18.0 Å². The van der Waals surface area contributed by atoms with Crippen molar-refractivity contribution in [2.75, 3.05) is 0 Å². The van der Waals surface area contributed by atoms with E-state index in [1.165, 1.54) is 0 Å². The molecule has 0 fully saturated rings. The molecule has 0 N–H and O–H groups in total. The lowest BCUT2D eigenvalue weighted by molar-refractivity contribution is 0.355. The Morgan fingerprint density at radius 1 is 0.458 bits per heavy atom. The number of para-hydroxylation sites is 3. The molecule has 0 aliphatic carbocycles. The highest BCUT2D eigenvalue weighted by molar-refractivity contribution is 5.48. The number of aromatic nitrogens is 3. The third kappa shape index (κ3) is 9.90. The average Bonchev–Trinajstić information content (AvgIpc) is 3.01. The normalized spacial score (nSPS) is 10.9. The fraction of sp³-hybridized carbons (Fsp3) is 0.357. The number of hydrogen-bond acceptors (Lipinski definition) is 6. The molecule has 0 atom stereocenters. The van der Waals surface area contributed by atoms with Gasteiger partial charge in [0.25, 0.3) is 0 Å². The molecule has 0 saturated heterocycles. The van der Waals surface area contributed by atoms with Crippen LogP contribution in [-0.2, 0) is 38.5 Å². The molecule has 0 radical (unpaired) electrons. The lowest BCUT2D eigenvalue weighted by Crippen LogP contribution is -2.07. The van der Waals surface area contributed by atoms with Crippen molar-refractivity contribution in [3.05, 3.63) is 124 Å². The van der Waals surface area contributed by atoms with Crippen molar-refractivity contribution in [1.29, 1.82) is 0 Å². The topological polar surface area (TPSA) is 66.4 Å². The lowest BCUT2D eigenvalue weighted by Gasteiger charge is -2.18. The maximum absolute atomic E-state index is 6.60. The molecule has 0 spiro atoms. The van der Waals surface area contributed by atoms with Crippen molar-refractivity contribution in [1.82, 2.24) is 15.0 Å². The van der Waals surface area contributed by atoms with Gasteiger partial charge < -0.3 is 14.2 Å².